The Kier molecular flexibility index (Phi) is 12.2. The molecule has 0 aliphatic carbocycles. The van der Waals surface area contributed by atoms with Crippen LogP contribution >= 0.6 is 0 Å². The number of ether oxygens (including phenoxy) is 3. The third-order valence-corrected chi connectivity index (χ3v) is 4.49. The third kappa shape index (κ3) is 11.2. The van der Waals surface area contributed by atoms with Gasteiger partial charge in [-0.1, -0.05) is 0 Å². The zero-order chi connectivity index (χ0) is 23.7. The van der Waals surface area contributed by atoms with Crippen molar-refractivity contribution in [2.45, 2.75) is 12.8 Å². The molecule has 2 aromatic carbocycles. The lowest BCUT2D eigenvalue weighted by molar-refractivity contribution is -0.385. The van der Waals surface area contributed by atoms with E-state index >= 15 is 0 Å². The average Bonchev–Trinajstić information content (AvgIpc) is 2.82. The number of anilines is 2. The van der Waals surface area contributed by atoms with Crippen LogP contribution in [0.15, 0.2) is 48.5 Å². The van der Waals surface area contributed by atoms with Gasteiger partial charge in [0.2, 0.25) is 0 Å². The van der Waals surface area contributed by atoms with Crippen LogP contribution in [-0.4, -0.2) is 62.6 Å². The number of nitrogens with one attached hydrogen (secondary N) is 2. The van der Waals surface area contributed by atoms with Crippen molar-refractivity contribution in [2.75, 3.05) is 63.4 Å². The summed E-state index contributed by atoms with van der Waals surface area (Å²) in [5, 5.41) is 27.6. The molecule has 2 rings (SSSR count). The molecule has 0 bridgehead atoms. The van der Waals surface area contributed by atoms with Crippen LogP contribution in [0.1, 0.15) is 12.8 Å². The number of benzene rings is 2. The third-order valence-electron chi connectivity index (χ3n) is 4.49. The van der Waals surface area contributed by atoms with Crippen molar-refractivity contribution >= 4 is 22.7 Å². The van der Waals surface area contributed by atoms with Crippen molar-refractivity contribution in [1.82, 2.24) is 0 Å². The molecule has 0 atom stereocenters. The van der Waals surface area contributed by atoms with Gasteiger partial charge < -0.3 is 24.8 Å². The second-order valence-corrected chi connectivity index (χ2v) is 7.01. The predicted molar refractivity (Wildman–Crippen MR) is 125 cm³/mol. The largest absolute Gasteiger partial charge is 0.385 e. The quantitative estimate of drug-likeness (QED) is 0.192. The van der Waals surface area contributed by atoms with Gasteiger partial charge in [-0.05, 0) is 37.1 Å². The van der Waals surface area contributed by atoms with Crippen LogP contribution < -0.4 is 10.6 Å². The standard InChI is InChI=1S/C22H30N4O7/c27-25(28)21-7-3-19(4-8-21)23-11-1-13-31-15-17-33-18-16-32-14-2-12-24-20-5-9-22(10-6-20)26(29)30/h3-10,23-24H,1-2,11-18H2. The number of nitro groups is 2. The van der Waals surface area contributed by atoms with Crippen molar-refractivity contribution in [3.63, 3.8) is 0 Å². The van der Waals surface area contributed by atoms with Crippen LogP contribution in [0.2, 0.25) is 0 Å². The maximum atomic E-state index is 10.6. The van der Waals surface area contributed by atoms with Gasteiger partial charge in [-0.25, -0.2) is 0 Å². The molecule has 180 valence electrons. The Morgan fingerprint density at radius 1 is 0.576 bits per heavy atom. The van der Waals surface area contributed by atoms with E-state index in [-0.39, 0.29) is 11.4 Å². The van der Waals surface area contributed by atoms with Crippen LogP contribution in [0.4, 0.5) is 22.7 Å². The molecule has 0 spiro atoms. The Labute approximate surface area is 192 Å². The van der Waals surface area contributed by atoms with Crippen molar-refractivity contribution in [3.8, 4) is 0 Å². The molecule has 0 aliphatic rings. The van der Waals surface area contributed by atoms with Gasteiger partial charge in [0.15, 0.2) is 0 Å². The lowest BCUT2D eigenvalue weighted by Gasteiger charge is -2.09. The zero-order valence-corrected chi connectivity index (χ0v) is 18.4. The highest BCUT2D eigenvalue weighted by Gasteiger charge is 2.04. The topological polar surface area (TPSA) is 138 Å². The molecule has 2 N–H and O–H groups in total. The molecule has 0 heterocycles. The first-order valence-corrected chi connectivity index (χ1v) is 10.8. The van der Waals surface area contributed by atoms with Crippen molar-refractivity contribution in [3.05, 3.63) is 68.8 Å². The molecule has 11 heteroatoms. The summed E-state index contributed by atoms with van der Waals surface area (Å²) in [6, 6.07) is 12.6. The summed E-state index contributed by atoms with van der Waals surface area (Å²) in [5.41, 5.74) is 1.83. The Balaban J connectivity index is 1.33. The number of hydrogen-bond acceptors (Lipinski definition) is 9. The van der Waals surface area contributed by atoms with Gasteiger partial charge >= 0.3 is 0 Å². The van der Waals surface area contributed by atoms with Gasteiger partial charge in [-0.15, -0.1) is 0 Å². The Morgan fingerprint density at radius 3 is 1.24 bits per heavy atom. The maximum Gasteiger partial charge on any atom is 0.269 e. The van der Waals surface area contributed by atoms with E-state index in [1.807, 2.05) is 0 Å². The fraction of sp³-hybridized carbons (Fsp3) is 0.455. The van der Waals surface area contributed by atoms with Crippen LogP contribution in [0.25, 0.3) is 0 Å². The summed E-state index contributed by atoms with van der Waals surface area (Å²) >= 11 is 0. The smallest absolute Gasteiger partial charge is 0.269 e. The summed E-state index contributed by atoms with van der Waals surface area (Å²) in [7, 11) is 0. The minimum Gasteiger partial charge on any atom is -0.385 e. The first-order valence-electron chi connectivity index (χ1n) is 10.8. The Bertz CT molecular complexity index is 762. The molecule has 0 unspecified atom stereocenters. The summed E-state index contributed by atoms with van der Waals surface area (Å²) < 4.78 is 16.5. The lowest BCUT2D eigenvalue weighted by atomic mass is 10.3. The first-order chi connectivity index (χ1) is 16.1. The van der Waals surface area contributed by atoms with E-state index in [0.717, 1.165) is 24.2 Å². The molecule has 0 aromatic heterocycles. The molecular weight excluding hydrogens is 432 g/mol. The highest BCUT2D eigenvalue weighted by molar-refractivity contribution is 5.49. The Hall–Kier alpha value is -3.28. The van der Waals surface area contributed by atoms with E-state index < -0.39 is 9.85 Å². The molecule has 0 aliphatic heterocycles. The van der Waals surface area contributed by atoms with E-state index in [9.17, 15) is 20.2 Å². The van der Waals surface area contributed by atoms with Crippen LogP contribution in [-0.2, 0) is 14.2 Å². The monoisotopic (exact) mass is 462 g/mol. The summed E-state index contributed by atoms with van der Waals surface area (Å²) in [5.74, 6) is 0. The Morgan fingerprint density at radius 2 is 0.909 bits per heavy atom. The lowest BCUT2D eigenvalue weighted by Crippen LogP contribution is -2.12. The molecule has 0 radical (unpaired) electrons. The van der Waals surface area contributed by atoms with E-state index in [1.54, 1.807) is 24.3 Å². The summed E-state index contributed by atoms with van der Waals surface area (Å²) in [6.07, 6.45) is 1.63. The number of nitro benzene ring substituents is 2. The van der Waals surface area contributed by atoms with E-state index in [0.29, 0.717) is 52.7 Å². The SMILES string of the molecule is O=[N+]([O-])c1ccc(NCCCOCCOCCOCCCNc2ccc([N+](=O)[O-])cc2)cc1. The summed E-state index contributed by atoms with van der Waals surface area (Å²) in [6.45, 7) is 4.65. The second-order valence-electron chi connectivity index (χ2n) is 7.01. The highest BCUT2D eigenvalue weighted by atomic mass is 16.6. The van der Waals surface area contributed by atoms with Gasteiger partial charge in [0.05, 0.1) is 36.3 Å². The summed E-state index contributed by atoms with van der Waals surface area (Å²) in [4.78, 5) is 20.4. The maximum absolute atomic E-state index is 10.6. The minimum atomic E-state index is -0.420. The fourth-order valence-corrected chi connectivity index (χ4v) is 2.76. The van der Waals surface area contributed by atoms with Gasteiger partial charge in [0.25, 0.3) is 11.4 Å². The van der Waals surface area contributed by atoms with E-state index in [1.165, 1.54) is 24.3 Å². The minimum absolute atomic E-state index is 0.0750. The normalized spacial score (nSPS) is 10.7. The molecule has 0 saturated heterocycles. The van der Waals surface area contributed by atoms with Crippen LogP contribution in [0.5, 0.6) is 0 Å². The first kappa shape index (κ1) is 26.0. The molecule has 0 amide bonds. The van der Waals surface area contributed by atoms with E-state index in [4.69, 9.17) is 14.2 Å². The average molecular weight is 463 g/mol. The van der Waals surface area contributed by atoms with Crippen LogP contribution in [0, 0.1) is 20.2 Å². The second kappa shape index (κ2) is 15.5. The molecular formula is C22H30N4O7. The zero-order valence-electron chi connectivity index (χ0n) is 18.4. The molecule has 33 heavy (non-hydrogen) atoms. The predicted octanol–water partition coefficient (Wildman–Crippen LogP) is 3.86. The number of hydrogen-bond donors (Lipinski definition) is 2. The molecule has 0 fully saturated rings. The van der Waals surface area contributed by atoms with Gasteiger partial charge in [-0.2, -0.15) is 0 Å². The number of nitrogens with zero attached hydrogens (tertiary/aromatic N) is 2. The molecule has 0 saturated carbocycles. The molecule has 2 aromatic rings. The highest BCUT2D eigenvalue weighted by Crippen LogP contribution is 2.16. The fourth-order valence-electron chi connectivity index (χ4n) is 2.76. The van der Waals surface area contributed by atoms with Crippen molar-refractivity contribution in [1.29, 1.82) is 0 Å². The number of rotatable bonds is 18. The van der Waals surface area contributed by atoms with E-state index in [2.05, 4.69) is 10.6 Å². The molecule has 11 nitrogen and oxygen atoms in total. The van der Waals surface area contributed by atoms with Gasteiger partial charge in [0.1, 0.15) is 0 Å². The van der Waals surface area contributed by atoms with Crippen molar-refractivity contribution < 1.29 is 24.1 Å². The van der Waals surface area contributed by atoms with Crippen LogP contribution in [0.3, 0.4) is 0 Å². The van der Waals surface area contributed by atoms with Crippen molar-refractivity contribution in [2.24, 2.45) is 0 Å². The number of non-ortho nitro benzene ring substituents is 2. The van der Waals surface area contributed by atoms with Gasteiger partial charge in [-0.3, -0.25) is 20.2 Å². The van der Waals surface area contributed by atoms with Gasteiger partial charge in [0, 0.05) is 61.9 Å².